The molecule has 3 heteroatoms. The molecule has 0 aromatic carbocycles. The Balaban J connectivity index is 2.00. The largest absolute Gasteiger partial charge is 0.379 e. The molecule has 0 amide bonds. The van der Waals surface area contributed by atoms with Gasteiger partial charge in [-0.3, -0.25) is 4.90 Å². The Morgan fingerprint density at radius 1 is 1.20 bits per heavy atom. The molecule has 0 spiro atoms. The summed E-state index contributed by atoms with van der Waals surface area (Å²) >= 11 is 0. The summed E-state index contributed by atoms with van der Waals surface area (Å²) in [6.45, 7) is 12.2. The Hall–Kier alpha value is -0.120. The van der Waals surface area contributed by atoms with Crippen molar-refractivity contribution in [1.29, 1.82) is 0 Å². The van der Waals surface area contributed by atoms with Crippen LogP contribution in [0.5, 0.6) is 0 Å². The third kappa shape index (κ3) is 2.52. The van der Waals surface area contributed by atoms with Gasteiger partial charge in [-0.1, -0.05) is 20.8 Å². The lowest BCUT2D eigenvalue weighted by Gasteiger charge is -2.40. The molecule has 3 nitrogen and oxygen atoms in total. The average molecular weight is 212 g/mol. The monoisotopic (exact) mass is 212 g/mol. The Morgan fingerprint density at radius 2 is 1.87 bits per heavy atom. The van der Waals surface area contributed by atoms with E-state index in [0.717, 1.165) is 26.3 Å². The summed E-state index contributed by atoms with van der Waals surface area (Å²) in [6, 6.07) is 1.35. The van der Waals surface area contributed by atoms with Crippen LogP contribution in [0.3, 0.4) is 0 Å². The molecule has 88 valence electrons. The minimum absolute atomic E-state index is 0.361. The summed E-state index contributed by atoms with van der Waals surface area (Å²) in [5.41, 5.74) is 0.361. The summed E-state index contributed by atoms with van der Waals surface area (Å²) in [7, 11) is 0. The first kappa shape index (κ1) is 11.4. The van der Waals surface area contributed by atoms with Crippen LogP contribution in [0.25, 0.3) is 0 Å². The second kappa shape index (κ2) is 4.40. The summed E-state index contributed by atoms with van der Waals surface area (Å²) in [5.74, 6) is 0. The van der Waals surface area contributed by atoms with Crippen LogP contribution in [0, 0.1) is 5.41 Å². The molecule has 15 heavy (non-hydrogen) atoms. The van der Waals surface area contributed by atoms with E-state index in [1.54, 1.807) is 0 Å². The number of hydrogen-bond donors (Lipinski definition) is 1. The van der Waals surface area contributed by atoms with Crippen LogP contribution in [-0.4, -0.2) is 49.8 Å². The van der Waals surface area contributed by atoms with Crippen molar-refractivity contribution < 1.29 is 4.74 Å². The van der Waals surface area contributed by atoms with Gasteiger partial charge in [-0.25, -0.2) is 0 Å². The summed E-state index contributed by atoms with van der Waals surface area (Å²) < 4.78 is 5.42. The van der Waals surface area contributed by atoms with Crippen molar-refractivity contribution in [2.75, 3.05) is 32.8 Å². The molecule has 0 radical (unpaired) electrons. The minimum atomic E-state index is 0.361. The molecule has 1 N–H and O–H groups in total. The van der Waals surface area contributed by atoms with E-state index >= 15 is 0 Å². The lowest BCUT2D eigenvalue weighted by Crippen LogP contribution is -2.53. The second-order valence-corrected chi connectivity index (χ2v) is 5.80. The number of ether oxygens (including phenoxy) is 1. The molecule has 0 bridgehead atoms. The first-order valence-corrected chi connectivity index (χ1v) is 6.14. The molecular formula is C12H24N2O. The fourth-order valence-electron chi connectivity index (χ4n) is 2.88. The normalized spacial score (nSPS) is 34.6. The molecule has 2 aliphatic heterocycles. The van der Waals surface area contributed by atoms with E-state index in [9.17, 15) is 0 Å². The van der Waals surface area contributed by atoms with Gasteiger partial charge in [-0.05, 0) is 18.4 Å². The van der Waals surface area contributed by atoms with E-state index in [-0.39, 0.29) is 0 Å². The lowest BCUT2D eigenvalue weighted by atomic mass is 9.82. The molecule has 0 aromatic rings. The highest BCUT2D eigenvalue weighted by atomic mass is 16.5. The lowest BCUT2D eigenvalue weighted by molar-refractivity contribution is 0.00522. The molecule has 2 fully saturated rings. The molecule has 0 saturated carbocycles. The van der Waals surface area contributed by atoms with Crippen molar-refractivity contribution in [1.82, 2.24) is 10.2 Å². The zero-order valence-corrected chi connectivity index (χ0v) is 10.3. The maximum Gasteiger partial charge on any atom is 0.0594 e. The molecule has 2 rings (SSSR count). The number of nitrogens with one attached hydrogen (secondary N) is 1. The van der Waals surface area contributed by atoms with Gasteiger partial charge in [0, 0.05) is 25.2 Å². The maximum atomic E-state index is 5.42. The Bertz CT molecular complexity index is 206. The van der Waals surface area contributed by atoms with Crippen molar-refractivity contribution in [3.63, 3.8) is 0 Å². The van der Waals surface area contributed by atoms with E-state index in [2.05, 4.69) is 31.0 Å². The number of rotatable bonds is 1. The van der Waals surface area contributed by atoms with Crippen LogP contribution in [-0.2, 0) is 4.74 Å². The van der Waals surface area contributed by atoms with Crippen molar-refractivity contribution in [2.45, 2.75) is 39.3 Å². The van der Waals surface area contributed by atoms with Gasteiger partial charge in [0.15, 0.2) is 0 Å². The summed E-state index contributed by atoms with van der Waals surface area (Å²) in [4.78, 5) is 2.61. The Labute approximate surface area is 93.2 Å². The topological polar surface area (TPSA) is 24.5 Å². The second-order valence-electron chi connectivity index (χ2n) is 5.80. The van der Waals surface area contributed by atoms with Gasteiger partial charge in [0.2, 0.25) is 0 Å². The van der Waals surface area contributed by atoms with Crippen LogP contribution in [0.15, 0.2) is 0 Å². The smallest absolute Gasteiger partial charge is 0.0594 e. The summed E-state index contributed by atoms with van der Waals surface area (Å²) in [5, 5.41) is 3.66. The van der Waals surface area contributed by atoms with Gasteiger partial charge in [-0.2, -0.15) is 0 Å². The SMILES string of the molecule is CC(C)(C)[C@H]1NCC[C@@H]1N1CCOCC1. The highest BCUT2D eigenvalue weighted by Crippen LogP contribution is 2.29. The number of nitrogens with zero attached hydrogens (tertiary/aromatic N) is 1. The highest BCUT2D eigenvalue weighted by Gasteiger charge is 2.39. The van der Waals surface area contributed by atoms with Gasteiger partial charge < -0.3 is 10.1 Å². The molecule has 2 heterocycles. The van der Waals surface area contributed by atoms with Gasteiger partial charge in [0.1, 0.15) is 0 Å². The van der Waals surface area contributed by atoms with E-state index < -0.39 is 0 Å². The predicted molar refractivity (Wildman–Crippen MR) is 62.0 cm³/mol. The highest BCUT2D eigenvalue weighted by molar-refractivity contribution is 4.97. The standard InChI is InChI=1S/C12H24N2O/c1-12(2,3)11-10(4-5-13-11)14-6-8-15-9-7-14/h10-11,13H,4-9H2,1-3H3/t10-,11-/m0/s1. The fraction of sp³-hybridized carbons (Fsp3) is 1.00. The van der Waals surface area contributed by atoms with Gasteiger partial charge in [-0.15, -0.1) is 0 Å². The molecule has 2 aliphatic rings. The average Bonchev–Trinajstić information content (AvgIpc) is 2.67. The van der Waals surface area contributed by atoms with Crippen molar-refractivity contribution in [3.8, 4) is 0 Å². The molecule has 2 atom stereocenters. The van der Waals surface area contributed by atoms with Crippen molar-refractivity contribution in [3.05, 3.63) is 0 Å². The first-order chi connectivity index (χ1) is 7.09. The molecule has 0 aromatic heterocycles. The Kier molecular flexibility index (Phi) is 3.33. The molecule has 0 unspecified atom stereocenters. The van der Waals surface area contributed by atoms with E-state index in [0.29, 0.717) is 17.5 Å². The third-order valence-electron chi connectivity index (χ3n) is 3.64. The van der Waals surface area contributed by atoms with E-state index in [1.165, 1.54) is 13.0 Å². The number of morpholine rings is 1. The first-order valence-electron chi connectivity index (χ1n) is 6.14. The molecular weight excluding hydrogens is 188 g/mol. The predicted octanol–water partition coefficient (Wildman–Crippen LogP) is 1.10. The fourth-order valence-corrected chi connectivity index (χ4v) is 2.88. The minimum Gasteiger partial charge on any atom is -0.379 e. The maximum absolute atomic E-state index is 5.42. The van der Waals surface area contributed by atoms with Crippen molar-refractivity contribution in [2.24, 2.45) is 5.41 Å². The third-order valence-corrected chi connectivity index (χ3v) is 3.64. The van der Waals surface area contributed by atoms with Crippen LogP contribution >= 0.6 is 0 Å². The Morgan fingerprint density at radius 3 is 2.47 bits per heavy atom. The zero-order valence-electron chi connectivity index (χ0n) is 10.3. The quantitative estimate of drug-likeness (QED) is 0.704. The van der Waals surface area contributed by atoms with E-state index in [4.69, 9.17) is 4.74 Å². The van der Waals surface area contributed by atoms with Crippen LogP contribution < -0.4 is 5.32 Å². The zero-order chi connectivity index (χ0) is 10.9. The molecule has 2 saturated heterocycles. The van der Waals surface area contributed by atoms with Crippen LogP contribution in [0.1, 0.15) is 27.2 Å². The number of hydrogen-bond acceptors (Lipinski definition) is 3. The van der Waals surface area contributed by atoms with Crippen LogP contribution in [0.2, 0.25) is 0 Å². The van der Waals surface area contributed by atoms with Crippen molar-refractivity contribution >= 4 is 0 Å². The van der Waals surface area contributed by atoms with Crippen LogP contribution in [0.4, 0.5) is 0 Å². The summed E-state index contributed by atoms with van der Waals surface area (Å²) in [6.07, 6.45) is 1.29. The molecule has 0 aliphatic carbocycles. The van der Waals surface area contributed by atoms with Gasteiger partial charge >= 0.3 is 0 Å². The van der Waals surface area contributed by atoms with Gasteiger partial charge in [0.25, 0.3) is 0 Å². The van der Waals surface area contributed by atoms with Gasteiger partial charge in [0.05, 0.1) is 13.2 Å². The van der Waals surface area contributed by atoms with E-state index in [1.807, 2.05) is 0 Å².